The number of sulfone groups is 1. The van der Waals surface area contributed by atoms with Gasteiger partial charge < -0.3 is 5.32 Å². The third kappa shape index (κ3) is 3.93. The second kappa shape index (κ2) is 5.47. The Hall–Kier alpha value is -0.130. The molecule has 1 aliphatic rings. The Morgan fingerprint density at radius 1 is 1.22 bits per heavy atom. The molecule has 108 valence electrons. The maximum Gasteiger partial charge on any atom is 0.151 e. The molecule has 5 heteroatoms. The minimum absolute atomic E-state index is 0.0602. The summed E-state index contributed by atoms with van der Waals surface area (Å²) in [5, 5.41) is 3.55. The van der Waals surface area contributed by atoms with Crippen LogP contribution in [0.4, 0.5) is 0 Å². The van der Waals surface area contributed by atoms with Crippen LogP contribution < -0.4 is 5.32 Å². The van der Waals surface area contributed by atoms with Crippen LogP contribution in [0, 0.1) is 0 Å². The van der Waals surface area contributed by atoms with Gasteiger partial charge in [-0.2, -0.15) is 0 Å². The highest BCUT2D eigenvalue weighted by molar-refractivity contribution is 7.91. The van der Waals surface area contributed by atoms with Gasteiger partial charge in [-0.05, 0) is 27.2 Å². The number of rotatable bonds is 5. The van der Waals surface area contributed by atoms with E-state index in [4.69, 9.17) is 0 Å². The monoisotopic (exact) mass is 276 g/mol. The highest BCUT2D eigenvalue weighted by Crippen LogP contribution is 2.26. The zero-order chi connectivity index (χ0) is 14.0. The summed E-state index contributed by atoms with van der Waals surface area (Å²) in [7, 11) is -2.88. The van der Waals surface area contributed by atoms with Gasteiger partial charge in [0.15, 0.2) is 9.84 Å². The summed E-state index contributed by atoms with van der Waals surface area (Å²) in [6.45, 7) is 12.9. The summed E-state index contributed by atoms with van der Waals surface area (Å²) in [4.78, 5) is 2.34. The number of nitrogens with one attached hydrogen (secondary N) is 1. The SMILES string of the molecule is CCC1(C)CNC(C)(C)CN1CCS(=O)(=O)CC. The molecule has 18 heavy (non-hydrogen) atoms. The van der Waals surface area contributed by atoms with Crippen LogP contribution in [0.15, 0.2) is 0 Å². The lowest BCUT2D eigenvalue weighted by Gasteiger charge is -2.51. The normalized spacial score (nSPS) is 29.4. The molecule has 0 aliphatic carbocycles. The van der Waals surface area contributed by atoms with E-state index in [9.17, 15) is 8.42 Å². The first-order chi connectivity index (χ1) is 8.14. The van der Waals surface area contributed by atoms with Crippen LogP contribution in [0.1, 0.15) is 41.0 Å². The first kappa shape index (κ1) is 15.9. The lowest BCUT2D eigenvalue weighted by atomic mass is 9.88. The minimum atomic E-state index is -2.88. The molecular formula is C13H28N2O2S. The van der Waals surface area contributed by atoms with E-state index in [1.807, 2.05) is 0 Å². The van der Waals surface area contributed by atoms with Gasteiger partial charge in [0.2, 0.25) is 0 Å². The van der Waals surface area contributed by atoms with Gasteiger partial charge >= 0.3 is 0 Å². The maximum absolute atomic E-state index is 11.7. The molecule has 0 aromatic rings. The van der Waals surface area contributed by atoms with E-state index in [-0.39, 0.29) is 22.6 Å². The zero-order valence-corrected chi connectivity index (χ0v) is 13.2. The van der Waals surface area contributed by atoms with E-state index in [1.165, 1.54) is 0 Å². The Morgan fingerprint density at radius 3 is 2.33 bits per heavy atom. The average molecular weight is 276 g/mol. The fourth-order valence-corrected chi connectivity index (χ4v) is 3.14. The highest BCUT2D eigenvalue weighted by atomic mass is 32.2. The molecule has 1 N–H and O–H groups in total. The Balaban J connectivity index is 2.75. The molecule has 1 atom stereocenters. The Labute approximate surface area is 112 Å². The molecule has 1 unspecified atom stereocenters. The van der Waals surface area contributed by atoms with Crippen molar-refractivity contribution >= 4 is 9.84 Å². The summed E-state index contributed by atoms with van der Waals surface area (Å²) in [6, 6.07) is 0. The number of hydrogen-bond acceptors (Lipinski definition) is 4. The van der Waals surface area contributed by atoms with E-state index in [0.717, 1.165) is 19.5 Å². The molecule has 1 saturated heterocycles. The molecule has 0 amide bonds. The van der Waals surface area contributed by atoms with Gasteiger partial charge in [0.05, 0.1) is 5.75 Å². The molecule has 0 bridgehead atoms. The molecule has 0 spiro atoms. The predicted octanol–water partition coefficient (Wildman–Crippen LogP) is 1.27. The van der Waals surface area contributed by atoms with Gasteiger partial charge in [0, 0.05) is 36.5 Å². The average Bonchev–Trinajstić information content (AvgIpc) is 2.31. The van der Waals surface area contributed by atoms with Gasteiger partial charge in [-0.25, -0.2) is 8.42 Å². The summed E-state index contributed by atoms with van der Waals surface area (Å²) in [5.74, 6) is 0.514. The van der Waals surface area contributed by atoms with Crippen molar-refractivity contribution < 1.29 is 8.42 Å². The predicted molar refractivity (Wildman–Crippen MR) is 76.7 cm³/mol. The summed E-state index contributed by atoms with van der Waals surface area (Å²) >= 11 is 0. The molecular weight excluding hydrogens is 248 g/mol. The molecule has 0 aromatic carbocycles. The van der Waals surface area contributed by atoms with Crippen LogP contribution in [-0.4, -0.2) is 55.5 Å². The van der Waals surface area contributed by atoms with Crippen LogP contribution in [-0.2, 0) is 9.84 Å². The molecule has 1 fully saturated rings. The third-order valence-corrected chi connectivity index (χ3v) is 5.86. The van der Waals surface area contributed by atoms with Crippen LogP contribution in [0.2, 0.25) is 0 Å². The maximum atomic E-state index is 11.7. The van der Waals surface area contributed by atoms with Gasteiger partial charge in [-0.3, -0.25) is 4.90 Å². The van der Waals surface area contributed by atoms with Crippen LogP contribution in [0.3, 0.4) is 0 Å². The molecule has 1 rings (SSSR count). The Kier molecular flexibility index (Phi) is 4.84. The van der Waals surface area contributed by atoms with Gasteiger partial charge in [-0.1, -0.05) is 13.8 Å². The highest BCUT2D eigenvalue weighted by Gasteiger charge is 2.39. The van der Waals surface area contributed by atoms with Crippen molar-refractivity contribution in [3.63, 3.8) is 0 Å². The van der Waals surface area contributed by atoms with Gasteiger partial charge in [0.1, 0.15) is 0 Å². The minimum Gasteiger partial charge on any atom is -0.309 e. The Bertz CT molecular complexity index is 378. The largest absolute Gasteiger partial charge is 0.309 e. The summed E-state index contributed by atoms with van der Waals surface area (Å²) < 4.78 is 23.3. The zero-order valence-electron chi connectivity index (χ0n) is 12.4. The second-order valence-corrected chi connectivity index (χ2v) is 8.72. The van der Waals surface area contributed by atoms with Crippen LogP contribution in [0.5, 0.6) is 0 Å². The van der Waals surface area contributed by atoms with Gasteiger partial charge in [0.25, 0.3) is 0 Å². The third-order valence-electron chi connectivity index (χ3n) is 4.17. The van der Waals surface area contributed by atoms with E-state index in [2.05, 4.69) is 37.9 Å². The fraction of sp³-hybridized carbons (Fsp3) is 1.00. The van der Waals surface area contributed by atoms with Crippen molar-refractivity contribution in [2.24, 2.45) is 0 Å². The van der Waals surface area contributed by atoms with Crippen molar-refractivity contribution in [3.8, 4) is 0 Å². The van der Waals surface area contributed by atoms with E-state index in [0.29, 0.717) is 6.54 Å². The Morgan fingerprint density at radius 2 is 1.83 bits per heavy atom. The fourth-order valence-electron chi connectivity index (χ4n) is 2.36. The molecule has 4 nitrogen and oxygen atoms in total. The number of hydrogen-bond donors (Lipinski definition) is 1. The van der Waals surface area contributed by atoms with E-state index in [1.54, 1.807) is 6.92 Å². The second-order valence-electron chi connectivity index (χ2n) is 6.25. The van der Waals surface area contributed by atoms with Gasteiger partial charge in [-0.15, -0.1) is 0 Å². The van der Waals surface area contributed by atoms with Crippen LogP contribution >= 0.6 is 0 Å². The molecule has 1 heterocycles. The topological polar surface area (TPSA) is 49.4 Å². The van der Waals surface area contributed by atoms with Crippen molar-refractivity contribution in [1.82, 2.24) is 10.2 Å². The van der Waals surface area contributed by atoms with E-state index < -0.39 is 9.84 Å². The number of piperazine rings is 1. The van der Waals surface area contributed by atoms with Crippen LogP contribution in [0.25, 0.3) is 0 Å². The quantitative estimate of drug-likeness (QED) is 0.822. The first-order valence-corrected chi connectivity index (χ1v) is 8.67. The molecule has 0 saturated carbocycles. The number of nitrogens with zero attached hydrogens (tertiary/aromatic N) is 1. The summed E-state index contributed by atoms with van der Waals surface area (Å²) in [5.41, 5.74) is 0.128. The smallest absolute Gasteiger partial charge is 0.151 e. The molecule has 0 radical (unpaired) electrons. The van der Waals surface area contributed by atoms with E-state index >= 15 is 0 Å². The standard InChI is InChI=1S/C13H28N2O2S/c1-6-13(5)10-14-12(3,4)11-15(13)8-9-18(16,17)7-2/h14H,6-11H2,1-5H3. The van der Waals surface area contributed by atoms with Crippen molar-refractivity contribution in [3.05, 3.63) is 0 Å². The lowest BCUT2D eigenvalue weighted by molar-refractivity contribution is 0.0296. The van der Waals surface area contributed by atoms with Crippen molar-refractivity contribution in [2.75, 3.05) is 31.1 Å². The molecule has 1 aliphatic heterocycles. The molecule has 0 aromatic heterocycles. The summed E-state index contributed by atoms with van der Waals surface area (Å²) in [6.07, 6.45) is 1.03. The van der Waals surface area contributed by atoms with Crippen molar-refractivity contribution in [1.29, 1.82) is 0 Å². The van der Waals surface area contributed by atoms with Crippen molar-refractivity contribution in [2.45, 2.75) is 52.1 Å². The lowest BCUT2D eigenvalue weighted by Crippen LogP contribution is -2.67. The first-order valence-electron chi connectivity index (χ1n) is 6.85.